The average Bonchev–Trinajstić information content (AvgIpc) is 2.66. The van der Waals surface area contributed by atoms with Crippen LogP contribution in [0, 0.1) is 25.2 Å². The first-order valence-electron chi connectivity index (χ1n) is 8.52. The maximum absolute atomic E-state index is 9.41. The zero-order valence-corrected chi connectivity index (χ0v) is 14.9. The average molecular weight is 337 g/mol. The van der Waals surface area contributed by atoms with Crippen LogP contribution < -0.4 is 15.0 Å². The summed E-state index contributed by atoms with van der Waals surface area (Å²) < 4.78 is 5.21. The lowest BCUT2D eigenvalue weighted by atomic mass is 10.0. The molecular formula is C19H23N5O. The number of nitrogens with one attached hydrogen (secondary N) is 1. The minimum atomic E-state index is 0.304. The van der Waals surface area contributed by atoms with Gasteiger partial charge in [-0.15, -0.1) is 5.10 Å². The van der Waals surface area contributed by atoms with Crippen molar-refractivity contribution in [3.8, 4) is 11.8 Å². The van der Waals surface area contributed by atoms with Crippen LogP contribution in [0.1, 0.15) is 29.7 Å². The fraction of sp³-hybridized carbons (Fsp3) is 0.421. The lowest BCUT2D eigenvalue weighted by Crippen LogP contribution is -2.39. The molecule has 6 heteroatoms. The van der Waals surface area contributed by atoms with E-state index in [1.54, 1.807) is 7.11 Å². The van der Waals surface area contributed by atoms with Crippen LogP contribution in [0.2, 0.25) is 0 Å². The summed E-state index contributed by atoms with van der Waals surface area (Å²) in [5.74, 6) is 1.48. The Kier molecular flexibility index (Phi) is 5.03. The minimum Gasteiger partial charge on any atom is -0.497 e. The van der Waals surface area contributed by atoms with Crippen molar-refractivity contribution in [2.45, 2.75) is 32.7 Å². The number of benzene rings is 1. The monoisotopic (exact) mass is 337 g/mol. The Balaban J connectivity index is 1.63. The molecule has 1 aromatic carbocycles. The molecule has 6 nitrogen and oxygen atoms in total. The summed E-state index contributed by atoms with van der Waals surface area (Å²) in [6.45, 7) is 5.72. The Morgan fingerprint density at radius 2 is 1.84 bits per heavy atom. The normalized spacial score (nSPS) is 14.9. The van der Waals surface area contributed by atoms with Crippen LogP contribution in [-0.4, -0.2) is 36.4 Å². The van der Waals surface area contributed by atoms with Gasteiger partial charge in [-0.1, -0.05) is 0 Å². The zero-order chi connectivity index (χ0) is 17.8. The van der Waals surface area contributed by atoms with E-state index in [2.05, 4.69) is 38.6 Å². The summed E-state index contributed by atoms with van der Waals surface area (Å²) in [7, 11) is 1.68. The van der Waals surface area contributed by atoms with Crippen LogP contribution in [-0.2, 0) is 0 Å². The minimum absolute atomic E-state index is 0.304. The van der Waals surface area contributed by atoms with E-state index in [0.29, 0.717) is 17.4 Å². The number of methoxy groups -OCH3 is 1. The van der Waals surface area contributed by atoms with Crippen molar-refractivity contribution in [2.75, 3.05) is 30.4 Å². The van der Waals surface area contributed by atoms with Crippen molar-refractivity contribution in [1.29, 1.82) is 5.26 Å². The van der Waals surface area contributed by atoms with Gasteiger partial charge in [0, 0.05) is 24.8 Å². The summed E-state index contributed by atoms with van der Waals surface area (Å²) in [6.07, 6.45) is 1.98. The second kappa shape index (κ2) is 7.39. The molecule has 1 aromatic heterocycles. The van der Waals surface area contributed by atoms with Crippen molar-refractivity contribution < 1.29 is 4.74 Å². The number of hydrogen-bond acceptors (Lipinski definition) is 6. The van der Waals surface area contributed by atoms with Gasteiger partial charge in [-0.2, -0.15) is 10.4 Å². The van der Waals surface area contributed by atoms with Crippen LogP contribution >= 0.6 is 0 Å². The lowest BCUT2D eigenvalue weighted by Gasteiger charge is -2.34. The van der Waals surface area contributed by atoms with E-state index in [9.17, 15) is 5.26 Å². The first-order valence-corrected chi connectivity index (χ1v) is 8.52. The molecule has 2 aromatic rings. The second-order valence-corrected chi connectivity index (χ2v) is 6.35. The molecule has 1 fully saturated rings. The Morgan fingerprint density at radius 1 is 1.16 bits per heavy atom. The van der Waals surface area contributed by atoms with Crippen molar-refractivity contribution in [1.82, 2.24) is 10.2 Å². The number of piperidine rings is 1. The van der Waals surface area contributed by atoms with Gasteiger partial charge in [0.1, 0.15) is 17.4 Å². The third kappa shape index (κ3) is 3.66. The molecule has 0 saturated carbocycles. The smallest absolute Gasteiger partial charge is 0.167 e. The predicted octanol–water partition coefficient (Wildman–Crippen LogP) is 3.05. The van der Waals surface area contributed by atoms with E-state index in [4.69, 9.17) is 4.74 Å². The molecule has 0 unspecified atom stereocenters. The molecule has 0 spiro atoms. The number of aromatic nitrogens is 2. The molecule has 1 saturated heterocycles. The van der Waals surface area contributed by atoms with Gasteiger partial charge in [-0.05, 0) is 56.5 Å². The third-order valence-corrected chi connectivity index (χ3v) is 4.84. The van der Waals surface area contributed by atoms with Crippen LogP contribution in [0.25, 0.3) is 0 Å². The predicted molar refractivity (Wildman–Crippen MR) is 98.1 cm³/mol. The van der Waals surface area contributed by atoms with E-state index in [1.165, 1.54) is 5.69 Å². The number of ether oxygens (including phenoxy) is 1. The van der Waals surface area contributed by atoms with E-state index in [1.807, 2.05) is 26.0 Å². The molecule has 1 aliphatic heterocycles. The van der Waals surface area contributed by atoms with Crippen molar-refractivity contribution in [3.05, 3.63) is 41.1 Å². The number of nitriles is 1. The highest BCUT2D eigenvalue weighted by Gasteiger charge is 2.21. The van der Waals surface area contributed by atoms with Gasteiger partial charge in [0.2, 0.25) is 0 Å². The molecule has 3 rings (SSSR count). The zero-order valence-electron chi connectivity index (χ0n) is 14.9. The first kappa shape index (κ1) is 17.0. The second-order valence-electron chi connectivity index (χ2n) is 6.35. The molecular weight excluding hydrogens is 314 g/mol. The highest BCUT2D eigenvalue weighted by molar-refractivity contribution is 5.56. The number of anilines is 2. The molecule has 0 amide bonds. The van der Waals surface area contributed by atoms with E-state index in [0.717, 1.165) is 42.9 Å². The number of aryl methyl sites for hydroxylation is 1. The molecule has 0 radical (unpaired) electrons. The van der Waals surface area contributed by atoms with Gasteiger partial charge >= 0.3 is 0 Å². The summed E-state index contributed by atoms with van der Waals surface area (Å²) in [5, 5.41) is 21.2. The topological polar surface area (TPSA) is 74.1 Å². The van der Waals surface area contributed by atoms with E-state index in [-0.39, 0.29) is 0 Å². The first-order chi connectivity index (χ1) is 12.1. The number of rotatable bonds is 4. The third-order valence-electron chi connectivity index (χ3n) is 4.84. The molecule has 0 atom stereocenters. The highest BCUT2D eigenvalue weighted by atomic mass is 16.5. The van der Waals surface area contributed by atoms with Gasteiger partial charge in [-0.3, -0.25) is 0 Å². The fourth-order valence-corrected chi connectivity index (χ4v) is 3.11. The van der Waals surface area contributed by atoms with Gasteiger partial charge < -0.3 is 15.0 Å². The molecule has 0 aliphatic carbocycles. The van der Waals surface area contributed by atoms with Crippen molar-refractivity contribution >= 4 is 11.5 Å². The quantitative estimate of drug-likeness (QED) is 0.924. The maximum Gasteiger partial charge on any atom is 0.167 e. The summed E-state index contributed by atoms with van der Waals surface area (Å²) in [6, 6.07) is 10.7. The molecule has 1 N–H and O–H groups in total. The molecule has 25 heavy (non-hydrogen) atoms. The van der Waals surface area contributed by atoms with Gasteiger partial charge in [0.15, 0.2) is 5.82 Å². The van der Waals surface area contributed by atoms with Crippen LogP contribution in [0.5, 0.6) is 5.75 Å². The van der Waals surface area contributed by atoms with E-state index >= 15 is 0 Å². The summed E-state index contributed by atoms with van der Waals surface area (Å²) in [4.78, 5) is 2.37. The fourth-order valence-electron chi connectivity index (χ4n) is 3.11. The number of hydrogen-bond donors (Lipinski definition) is 1. The lowest BCUT2D eigenvalue weighted by molar-refractivity contribution is 0.414. The van der Waals surface area contributed by atoms with Gasteiger partial charge in [0.05, 0.1) is 12.8 Å². The standard InChI is InChI=1S/C19H23N5O/c1-13-14(2)22-23-19(18(13)12-20)21-15-8-10-24(11-9-15)16-4-6-17(25-3)7-5-16/h4-7,15H,8-11H2,1-3H3,(H,21,23). The van der Waals surface area contributed by atoms with Crippen LogP contribution in [0.4, 0.5) is 11.5 Å². The molecule has 2 heterocycles. The molecule has 1 aliphatic rings. The van der Waals surface area contributed by atoms with Gasteiger partial charge in [0.25, 0.3) is 0 Å². The Hall–Kier alpha value is -2.81. The largest absolute Gasteiger partial charge is 0.497 e. The SMILES string of the molecule is COc1ccc(N2CCC(Nc3nnc(C)c(C)c3C#N)CC2)cc1. The molecule has 130 valence electrons. The van der Waals surface area contributed by atoms with Crippen molar-refractivity contribution in [2.24, 2.45) is 0 Å². The van der Waals surface area contributed by atoms with E-state index < -0.39 is 0 Å². The van der Waals surface area contributed by atoms with Crippen molar-refractivity contribution in [3.63, 3.8) is 0 Å². The highest BCUT2D eigenvalue weighted by Crippen LogP contribution is 2.25. The maximum atomic E-state index is 9.41. The summed E-state index contributed by atoms with van der Waals surface area (Å²) >= 11 is 0. The van der Waals surface area contributed by atoms with Crippen LogP contribution in [0.3, 0.4) is 0 Å². The Labute approximate surface area is 148 Å². The van der Waals surface area contributed by atoms with Crippen LogP contribution in [0.15, 0.2) is 24.3 Å². The molecule has 0 bridgehead atoms. The van der Waals surface area contributed by atoms with Gasteiger partial charge in [-0.25, -0.2) is 0 Å². The Bertz CT molecular complexity index is 774. The number of nitrogens with zero attached hydrogens (tertiary/aromatic N) is 4. The Morgan fingerprint density at radius 3 is 2.44 bits per heavy atom. The summed E-state index contributed by atoms with van der Waals surface area (Å²) in [5.41, 5.74) is 3.51.